The minimum atomic E-state index is -1.44. The highest BCUT2D eigenvalue weighted by Gasteiger charge is 2.14. The first-order chi connectivity index (χ1) is 10.5. The van der Waals surface area contributed by atoms with E-state index in [4.69, 9.17) is 5.11 Å². The third-order valence-corrected chi connectivity index (χ3v) is 3.71. The van der Waals surface area contributed by atoms with Gasteiger partial charge in [0.25, 0.3) is 5.78 Å². The van der Waals surface area contributed by atoms with Crippen LogP contribution in [0.25, 0.3) is 22.0 Å². The molecule has 5 heteroatoms. The summed E-state index contributed by atoms with van der Waals surface area (Å²) in [5, 5.41) is 14.2. The largest absolute Gasteiger partial charge is 0.475 e. The van der Waals surface area contributed by atoms with Gasteiger partial charge in [-0.3, -0.25) is 9.48 Å². The van der Waals surface area contributed by atoms with Crippen molar-refractivity contribution in [3.05, 3.63) is 53.7 Å². The summed E-state index contributed by atoms with van der Waals surface area (Å²) < 4.78 is 1.83. The zero-order chi connectivity index (χ0) is 15.9. The van der Waals surface area contributed by atoms with E-state index in [1.807, 2.05) is 36.9 Å². The first kappa shape index (κ1) is 14.0. The van der Waals surface area contributed by atoms with Crippen molar-refractivity contribution < 1.29 is 14.7 Å². The van der Waals surface area contributed by atoms with Crippen LogP contribution in [0.4, 0.5) is 0 Å². The third kappa shape index (κ3) is 2.26. The number of Topliss-reactive ketones (excluding diaryl/α,β-unsaturated/α-hetero) is 1. The Morgan fingerprint density at radius 3 is 2.32 bits per heavy atom. The Bertz CT molecular complexity index is 892. The zero-order valence-electron chi connectivity index (χ0n) is 12.2. The van der Waals surface area contributed by atoms with E-state index < -0.39 is 11.8 Å². The van der Waals surface area contributed by atoms with Gasteiger partial charge in [0.15, 0.2) is 0 Å². The molecule has 0 atom stereocenters. The number of aliphatic carboxylic acids is 1. The maximum absolute atomic E-state index is 11.4. The number of hydrogen-bond acceptors (Lipinski definition) is 3. The number of carbonyl (C=O) groups is 2. The maximum atomic E-state index is 11.4. The minimum absolute atomic E-state index is 0.175. The normalized spacial score (nSPS) is 10.8. The molecule has 1 aromatic heterocycles. The van der Waals surface area contributed by atoms with Gasteiger partial charge in [0.2, 0.25) is 0 Å². The number of aryl methyl sites for hydroxylation is 2. The molecular formula is C17H14N2O3. The second-order valence-electron chi connectivity index (χ2n) is 5.15. The van der Waals surface area contributed by atoms with Gasteiger partial charge >= 0.3 is 5.97 Å². The standard InChI is InChI=1S/C17H14N2O3/c1-10-14-8-7-13(9-15(14)19(2)18-10)11-3-5-12(6-4-11)16(20)17(21)22/h3-9H,1-2H3,(H,21,22). The van der Waals surface area contributed by atoms with Crippen LogP contribution >= 0.6 is 0 Å². The molecule has 2 aromatic carbocycles. The third-order valence-electron chi connectivity index (χ3n) is 3.71. The van der Waals surface area contributed by atoms with Gasteiger partial charge in [-0.05, 0) is 24.1 Å². The molecular weight excluding hydrogens is 280 g/mol. The van der Waals surface area contributed by atoms with E-state index >= 15 is 0 Å². The predicted molar refractivity (Wildman–Crippen MR) is 82.9 cm³/mol. The number of carbonyl (C=O) groups excluding carboxylic acids is 1. The van der Waals surface area contributed by atoms with Gasteiger partial charge in [-0.1, -0.05) is 36.4 Å². The first-order valence-corrected chi connectivity index (χ1v) is 6.79. The molecule has 0 fully saturated rings. The molecule has 0 spiro atoms. The molecule has 0 saturated carbocycles. The monoisotopic (exact) mass is 294 g/mol. The smallest absolute Gasteiger partial charge is 0.377 e. The number of aromatic nitrogens is 2. The van der Waals surface area contributed by atoms with Crippen LogP contribution in [0.5, 0.6) is 0 Å². The van der Waals surface area contributed by atoms with Crippen molar-refractivity contribution in [1.82, 2.24) is 9.78 Å². The molecule has 1 heterocycles. The molecule has 0 bridgehead atoms. The zero-order valence-corrected chi connectivity index (χ0v) is 12.2. The van der Waals surface area contributed by atoms with Crippen LogP contribution in [-0.4, -0.2) is 26.6 Å². The number of nitrogens with zero attached hydrogens (tertiary/aromatic N) is 2. The van der Waals surface area contributed by atoms with Crippen LogP contribution in [0, 0.1) is 6.92 Å². The molecule has 1 N–H and O–H groups in total. The van der Waals surface area contributed by atoms with Gasteiger partial charge in [-0.15, -0.1) is 0 Å². The molecule has 3 aromatic rings. The van der Waals surface area contributed by atoms with Gasteiger partial charge in [0.1, 0.15) is 0 Å². The molecule has 0 amide bonds. The van der Waals surface area contributed by atoms with Crippen molar-refractivity contribution in [2.24, 2.45) is 7.05 Å². The SMILES string of the molecule is Cc1nn(C)c2cc(-c3ccc(C(=O)C(=O)O)cc3)ccc12. The lowest BCUT2D eigenvalue weighted by Gasteiger charge is -2.04. The fraction of sp³-hybridized carbons (Fsp3) is 0.118. The molecule has 5 nitrogen and oxygen atoms in total. The summed E-state index contributed by atoms with van der Waals surface area (Å²) >= 11 is 0. The number of hydrogen-bond donors (Lipinski definition) is 1. The average molecular weight is 294 g/mol. The molecule has 22 heavy (non-hydrogen) atoms. The second kappa shape index (κ2) is 5.11. The summed E-state index contributed by atoms with van der Waals surface area (Å²) in [5.74, 6) is -2.34. The van der Waals surface area contributed by atoms with Crippen molar-refractivity contribution in [1.29, 1.82) is 0 Å². The van der Waals surface area contributed by atoms with Crippen molar-refractivity contribution >= 4 is 22.7 Å². The summed E-state index contributed by atoms with van der Waals surface area (Å²) in [6.07, 6.45) is 0. The van der Waals surface area contributed by atoms with Crippen molar-refractivity contribution in [2.45, 2.75) is 6.92 Å². The van der Waals surface area contributed by atoms with Crippen LogP contribution in [0.1, 0.15) is 16.1 Å². The molecule has 0 aliphatic carbocycles. The molecule has 0 unspecified atom stereocenters. The van der Waals surface area contributed by atoms with Crippen LogP contribution in [-0.2, 0) is 11.8 Å². The van der Waals surface area contributed by atoms with Crippen molar-refractivity contribution in [3.8, 4) is 11.1 Å². The van der Waals surface area contributed by atoms with Crippen molar-refractivity contribution in [3.63, 3.8) is 0 Å². The van der Waals surface area contributed by atoms with E-state index in [1.54, 1.807) is 12.1 Å². The molecule has 0 radical (unpaired) electrons. The summed E-state index contributed by atoms with van der Waals surface area (Å²) in [7, 11) is 1.90. The Balaban J connectivity index is 2.02. The Morgan fingerprint density at radius 2 is 1.68 bits per heavy atom. The van der Waals surface area contributed by atoms with Gasteiger partial charge in [0, 0.05) is 18.0 Å². The Kier molecular flexibility index (Phi) is 3.25. The Labute approximate surface area is 126 Å². The lowest BCUT2D eigenvalue weighted by Crippen LogP contribution is -2.12. The minimum Gasteiger partial charge on any atom is -0.475 e. The van der Waals surface area contributed by atoms with Crippen molar-refractivity contribution in [2.75, 3.05) is 0 Å². The number of fused-ring (bicyclic) bond motifs is 1. The molecule has 0 saturated heterocycles. The van der Waals surface area contributed by atoms with Gasteiger partial charge in [-0.25, -0.2) is 4.79 Å². The molecule has 3 rings (SSSR count). The van der Waals surface area contributed by atoms with E-state index in [2.05, 4.69) is 5.10 Å². The number of rotatable bonds is 3. The number of carboxylic acids is 1. The molecule has 0 aliphatic rings. The van der Waals surface area contributed by atoms with E-state index in [0.29, 0.717) is 0 Å². The van der Waals surface area contributed by atoms with Crippen LogP contribution in [0.3, 0.4) is 0 Å². The predicted octanol–water partition coefficient (Wildman–Crippen LogP) is 2.82. The van der Waals surface area contributed by atoms with Crippen LogP contribution in [0.2, 0.25) is 0 Å². The molecule has 0 aliphatic heterocycles. The van der Waals surface area contributed by atoms with Crippen LogP contribution in [0.15, 0.2) is 42.5 Å². The quantitative estimate of drug-likeness (QED) is 0.595. The topological polar surface area (TPSA) is 72.2 Å². The fourth-order valence-corrected chi connectivity index (χ4v) is 2.56. The number of ketones is 1. The van der Waals surface area contributed by atoms with Gasteiger partial charge in [-0.2, -0.15) is 5.10 Å². The average Bonchev–Trinajstić information content (AvgIpc) is 2.81. The van der Waals surface area contributed by atoms with Crippen LogP contribution < -0.4 is 0 Å². The van der Waals surface area contributed by atoms with E-state index in [-0.39, 0.29) is 5.56 Å². The highest BCUT2D eigenvalue weighted by Crippen LogP contribution is 2.26. The molecule has 110 valence electrons. The lowest BCUT2D eigenvalue weighted by atomic mass is 10.0. The highest BCUT2D eigenvalue weighted by molar-refractivity contribution is 6.39. The lowest BCUT2D eigenvalue weighted by molar-refractivity contribution is -0.131. The van der Waals surface area contributed by atoms with E-state index in [1.165, 1.54) is 12.1 Å². The van der Waals surface area contributed by atoms with Gasteiger partial charge < -0.3 is 5.11 Å². The summed E-state index contributed by atoms with van der Waals surface area (Å²) in [4.78, 5) is 22.1. The summed E-state index contributed by atoms with van der Waals surface area (Å²) in [6.45, 7) is 1.97. The van der Waals surface area contributed by atoms with E-state index in [9.17, 15) is 9.59 Å². The second-order valence-corrected chi connectivity index (χ2v) is 5.15. The first-order valence-electron chi connectivity index (χ1n) is 6.79. The fourth-order valence-electron chi connectivity index (χ4n) is 2.56. The maximum Gasteiger partial charge on any atom is 0.377 e. The highest BCUT2D eigenvalue weighted by atomic mass is 16.4. The van der Waals surface area contributed by atoms with E-state index in [0.717, 1.165) is 27.7 Å². The Morgan fingerprint density at radius 1 is 1.05 bits per heavy atom. The number of carboxylic acid groups (broad SMARTS) is 1. The summed E-state index contributed by atoms with van der Waals surface area (Å²) in [5.41, 5.74) is 4.09. The summed E-state index contributed by atoms with van der Waals surface area (Å²) in [6, 6.07) is 12.6. The number of benzene rings is 2. The Hall–Kier alpha value is -2.95. The van der Waals surface area contributed by atoms with Gasteiger partial charge in [0.05, 0.1) is 11.2 Å².